The van der Waals surface area contributed by atoms with E-state index in [4.69, 9.17) is 11.6 Å². The van der Waals surface area contributed by atoms with Gasteiger partial charge in [0.25, 0.3) is 0 Å². The fourth-order valence-corrected chi connectivity index (χ4v) is 1.17. The lowest BCUT2D eigenvalue weighted by atomic mass is 10.2. The Morgan fingerprint density at radius 1 is 1.21 bits per heavy atom. The molecule has 104 valence electrons. The van der Waals surface area contributed by atoms with Gasteiger partial charge in [-0.2, -0.15) is 13.2 Å². The van der Waals surface area contributed by atoms with Gasteiger partial charge in [0.15, 0.2) is 0 Å². The molecule has 1 aromatic rings. The van der Waals surface area contributed by atoms with Crippen molar-refractivity contribution >= 4 is 29.2 Å². The first-order chi connectivity index (χ1) is 8.70. The number of hydrogen-bond acceptors (Lipinski definition) is 2. The molecular formula is C11H10ClF3N2O2. The number of anilines is 1. The molecule has 19 heavy (non-hydrogen) atoms. The largest absolute Gasteiger partial charge is 0.416 e. The minimum atomic E-state index is -4.44. The van der Waals surface area contributed by atoms with Gasteiger partial charge < -0.3 is 5.32 Å². The van der Waals surface area contributed by atoms with E-state index in [1.165, 1.54) is 6.92 Å². The second-order valence-electron chi connectivity index (χ2n) is 3.63. The van der Waals surface area contributed by atoms with Crippen LogP contribution in [-0.2, 0) is 11.0 Å². The third-order valence-electron chi connectivity index (χ3n) is 2.07. The number of benzene rings is 1. The van der Waals surface area contributed by atoms with Crippen molar-refractivity contribution < 1.29 is 22.8 Å². The molecule has 0 aromatic heterocycles. The number of halogens is 4. The lowest BCUT2D eigenvalue weighted by Crippen LogP contribution is -2.38. The topological polar surface area (TPSA) is 58.2 Å². The number of nitrogens with one attached hydrogen (secondary N) is 2. The molecule has 0 spiro atoms. The van der Waals surface area contributed by atoms with Gasteiger partial charge in [0.2, 0.25) is 5.91 Å². The van der Waals surface area contributed by atoms with E-state index in [-0.39, 0.29) is 5.69 Å². The Labute approximate surface area is 111 Å². The van der Waals surface area contributed by atoms with Crippen LogP contribution in [0.1, 0.15) is 12.5 Å². The van der Waals surface area contributed by atoms with Crippen LogP contribution in [0.3, 0.4) is 0 Å². The van der Waals surface area contributed by atoms with Gasteiger partial charge in [-0.05, 0) is 31.2 Å². The molecule has 0 heterocycles. The van der Waals surface area contributed by atoms with Gasteiger partial charge in [-0.1, -0.05) is 0 Å². The number of amides is 3. The average Bonchev–Trinajstić information content (AvgIpc) is 2.28. The van der Waals surface area contributed by atoms with E-state index in [0.717, 1.165) is 24.3 Å². The normalized spacial score (nSPS) is 12.7. The van der Waals surface area contributed by atoms with Crippen molar-refractivity contribution in [2.75, 3.05) is 5.32 Å². The highest BCUT2D eigenvalue weighted by molar-refractivity contribution is 6.31. The minimum absolute atomic E-state index is 0.125. The fraction of sp³-hybridized carbons (Fsp3) is 0.273. The van der Waals surface area contributed by atoms with E-state index in [0.29, 0.717) is 0 Å². The maximum absolute atomic E-state index is 12.3. The molecule has 0 aliphatic heterocycles. The van der Waals surface area contributed by atoms with Gasteiger partial charge in [0, 0.05) is 5.69 Å². The molecule has 0 aliphatic carbocycles. The number of rotatable bonds is 2. The molecular weight excluding hydrogens is 285 g/mol. The molecule has 0 aliphatic rings. The Kier molecular flexibility index (Phi) is 4.77. The number of imide groups is 1. The zero-order valence-electron chi connectivity index (χ0n) is 9.72. The lowest BCUT2D eigenvalue weighted by Gasteiger charge is -2.09. The van der Waals surface area contributed by atoms with E-state index in [9.17, 15) is 22.8 Å². The molecule has 1 rings (SSSR count). The Bertz CT molecular complexity index is 472. The summed E-state index contributed by atoms with van der Waals surface area (Å²) in [7, 11) is 0. The zero-order chi connectivity index (χ0) is 14.6. The average molecular weight is 295 g/mol. The highest BCUT2D eigenvalue weighted by atomic mass is 35.5. The summed E-state index contributed by atoms with van der Waals surface area (Å²) in [6.45, 7) is 1.38. The van der Waals surface area contributed by atoms with Crippen molar-refractivity contribution in [3.05, 3.63) is 29.8 Å². The smallest absolute Gasteiger partial charge is 0.308 e. The summed E-state index contributed by atoms with van der Waals surface area (Å²) >= 11 is 5.43. The summed E-state index contributed by atoms with van der Waals surface area (Å²) in [6.07, 6.45) is -4.44. The molecule has 0 radical (unpaired) electrons. The summed E-state index contributed by atoms with van der Waals surface area (Å²) in [5, 5.41) is 3.25. The van der Waals surface area contributed by atoms with E-state index < -0.39 is 29.1 Å². The third kappa shape index (κ3) is 4.78. The molecule has 0 saturated carbocycles. The molecule has 1 unspecified atom stereocenters. The quantitative estimate of drug-likeness (QED) is 0.824. The maximum Gasteiger partial charge on any atom is 0.416 e. The molecule has 0 fully saturated rings. The first-order valence-corrected chi connectivity index (χ1v) is 5.57. The van der Waals surface area contributed by atoms with Crippen LogP contribution in [0.5, 0.6) is 0 Å². The Hall–Kier alpha value is -1.76. The predicted octanol–water partition coefficient (Wildman–Crippen LogP) is 2.98. The van der Waals surface area contributed by atoms with Crippen LogP contribution in [0, 0.1) is 0 Å². The number of urea groups is 1. The van der Waals surface area contributed by atoms with Crippen molar-refractivity contribution in [1.29, 1.82) is 0 Å². The number of hydrogen-bond donors (Lipinski definition) is 2. The lowest BCUT2D eigenvalue weighted by molar-refractivity contribution is -0.137. The van der Waals surface area contributed by atoms with Crippen molar-refractivity contribution in [2.45, 2.75) is 18.5 Å². The number of alkyl halides is 4. The van der Waals surface area contributed by atoms with Gasteiger partial charge in [0.1, 0.15) is 5.38 Å². The highest BCUT2D eigenvalue weighted by Crippen LogP contribution is 2.29. The second kappa shape index (κ2) is 5.92. The van der Waals surface area contributed by atoms with Gasteiger partial charge in [-0.15, -0.1) is 11.6 Å². The molecule has 8 heteroatoms. The Balaban J connectivity index is 2.64. The van der Waals surface area contributed by atoms with Crippen LogP contribution in [0.4, 0.5) is 23.7 Å². The van der Waals surface area contributed by atoms with Crippen molar-refractivity contribution in [3.63, 3.8) is 0 Å². The van der Waals surface area contributed by atoms with Crippen molar-refractivity contribution in [2.24, 2.45) is 0 Å². The second-order valence-corrected chi connectivity index (χ2v) is 4.29. The standard InChI is InChI=1S/C11H10ClF3N2O2/c1-6(12)9(18)17-10(19)16-8-4-2-7(3-5-8)11(13,14)15/h2-6H,1H3,(H2,16,17,18,19). The first-order valence-electron chi connectivity index (χ1n) is 5.13. The van der Waals surface area contributed by atoms with Crippen molar-refractivity contribution in [3.8, 4) is 0 Å². The van der Waals surface area contributed by atoms with E-state index >= 15 is 0 Å². The maximum atomic E-state index is 12.3. The minimum Gasteiger partial charge on any atom is -0.308 e. The van der Waals surface area contributed by atoms with E-state index in [1.807, 2.05) is 5.32 Å². The van der Waals surface area contributed by atoms with Gasteiger partial charge in [-0.3, -0.25) is 10.1 Å². The summed E-state index contributed by atoms with van der Waals surface area (Å²) < 4.78 is 36.9. The molecule has 1 aromatic carbocycles. The molecule has 2 N–H and O–H groups in total. The summed E-state index contributed by atoms with van der Waals surface area (Å²) in [4.78, 5) is 22.4. The van der Waals surface area contributed by atoms with Crippen LogP contribution in [0.25, 0.3) is 0 Å². The number of carbonyl (C=O) groups excluding carboxylic acids is 2. The van der Waals surface area contributed by atoms with E-state index in [2.05, 4.69) is 5.32 Å². The van der Waals surface area contributed by atoms with Crippen LogP contribution >= 0.6 is 11.6 Å². The van der Waals surface area contributed by atoms with Gasteiger partial charge in [0.05, 0.1) is 5.56 Å². The predicted molar refractivity (Wildman–Crippen MR) is 63.9 cm³/mol. The highest BCUT2D eigenvalue weighted by Gasteiger charge is 2.30. The SMILES string of the molecule is CC(Cl)C(=O)NC(=O)Nc1ccc(C(F)(F)F)cc1. The first kappa shape index (κ1) is 15.3. The zero-order valence-corrected chi connectivity index (χ0v) is 10.5. The molecule has 3 amide bonds. The molecule has 0 saturated heterocycles. The van der Waals surface area contributed by atoms with Crippen LogP contribution in [-0.4, -0.2) is 17.3 Å². The molecule has 4 nitrogen and oxygen atoms in total. The fourth-order valence-electron chi connectivity index (χ4n) is 1.12. The van der Waals surface area contributed by atoms with Gasteiger partial charge in [-0.25, -0.2) is 4.79 Å². The third-order valence-corrected chi connectivity index (χ3v) is 2.27. The van der Waals surface area contributed by atoms with Crippen LogP contribution < -0.4 is 10.6 Å². The van der Waals surface area contributed by atoms with Crippen molar-refractivity contribution in [1.82, 2.24) is 5.32 Å². The van der Waals surface area contributed by atoms with Gasteiger partial charge >= 0.3 is 12.2 Å². The Morgan fingerprint density at radius 3 is 2.16 bits per heavy atom. The van der Waals surface area contributed by atoms with Crippen LogP contribution in [0.2, 0.25) is 0 Å². The van der Waals surface area contributed by atoms with E-state index in [1.54, 1.807) is 0 Å². The Morgan fingerprint density at radius 2 is 1.74 bits per heavy atom. The monoisotopic (exact) mass is 294 g/mol. The number of carbonyl (C=O) groups is 2. The summed E-state index contributed by atoms with van der Waals surface area (Å²) in [6, 6.07) is 2.94. The summed E-state index contributed by atoms with van der Waals surface area (Å²) in [5.74, 6) is -0.703. The molecule has 1 atom stereocenters. The molecule has 0 bridgehead atoms. The van der Waals surface area contributed by atoms with Crippen LogP contribution in [0.15, 0.2) is 24.3 Å². The summed E-state index contributed by atoms with van der Waals surface area (Å²) in [5.41, 5.74) is -0.704.